The van der Waals surface area contributed by atoms with Crippen LogP contribution in [-0.4, -0.2) is 42.2 Å². The minimum atomic E-state index is -0.348. The molecule has 1 aliphatic heterocycles. The number of Topliss-reactive ketones (excluding diaryl/α,β-unsaturated/α-hetero) is 1. The van der Waals surface area contributed by atoms with E-state index < -0.39 is 0 Å². The van der Waals surface area contributed by atoms with Crippen molar-refractivity contribution in [2.24, 2.45) is 11.8 Å². The van der Waals surface area contributed by atoms with E-state index >= 15 is 0 Å². The number of para-hydroxylation sites is 1. The summed E-state index contributed by atoms with van der Waals surface area (Å²) in [6, 6.07) is 14.2. The van der Waals surface area contributed by atoms with Crippen LogP contribution in [0.15, 0.2) is 53.3 Å². The Labute approximate surface area is 254 Å². The van der Waals surface area contributed by atoms with Gasteiger partial charge in [-0.05, 0) is 106 Å². The Balaban J connectivity index is 1.25. The first kappa shape index (κ1) is 30.5. The van der Waals surface area contributed by atoms with Gasteiger partial charge in [-0.25, -0.2) is 4.98 Å². The molecule has 1 saturated carbocycles. The zero-order valence-corrected chi connectivity index (χ0v) is 25.5. The molecule has 2 aromatic carbocycles. The van der Waals surface area contributed by atoms with Crippen LogP contribution in [0, 0.1) is 25.7 Å². The van der Waals surface area contributed by atoms with Gasteiger partial charge in [-0.2, -0.15) is 0 Å². The molecule has 8 heteroatoms. The summed E-state index contributed by atoms with van der Waals surface area (Å²) in [5.41, 5.74) is 5.01. The topological polar surface area (TPSA) is 105 Å². The molecule has 1 aliphatic carbocycles. The number of nitrogens with one attached hydrogen (secondary N) is 2. The van der Waals surface area contributed by atoms with Crippen LogP contribution in [0.25, 0.3) is 0 Å². The molecule has 1 aromatic heterocycles. The first-order valence-corrected chi connectivity index (χ1v) is 15.8. The molecule has 0 bridgehead atoms. The lowest BCUT2D eigenvalue weighted by molar-refractivity contribution is -0.121. The summed E-state index contributed by atoms with van der Waals surface area (Å²) in [5.74, 6) is 1.20. The Morgan fingerprint density at radius 2 is 1.84 bits per heavy atom. The molecule has 5 rings (SSSR count). The van der Waals surface area contributed by atoms with E-state index in [0.717, 1.165) is 70.0 Å². The minimum absolute atomic E-state index is 0.164. The summed E-state index contributed by atoms with van der Waals surface area (Å²) in [5, 5.41) is 6.06. The van der Waals surface area contributed by atoms with Gasteiger partial charge in [0.05, 0.1) is 0 Å². The Morgan fingerprint density at radius 3 is 2.63 bits per heavy atom. The van der Waals surface area contributed by atoms with Gasteiger partial charge in [0.1, 0.15) is 11.5 Å². The number of anilines is 2. The second kappa shape index (κ2) is 14.5. The van der Waals surface area contributed by atoms with E-state index in [1.807, 2.05) is 12.1 Å². The molecule has 2 atom stereocenters. The molecule has 43 heavy (non-hydrogen) atoms. The van der Waals surface area contributed by atoms with Crippen LogP contribution in [0.1, 0.15) is 95.5 Å². The highest BCUT2D eigenvalue weighted by Crippen LogP contribution is 2.30. The zero-order valence-electron chi connectivity index (χ0n) is 25.5. The average molecular weight is 585 g/mol. The molecule has 228 valence electrons. The Kier molecular flexibility index (Phi) is 10.3. The fourth-order valence-electron chi connectivity index (χ4n) is 6.61. The van der Waals surface area contributed by atoms with Gasteiger partial charge in [0.25, 0.3) is 11.8 Å². The van der Waals surface area contributed by atoms with Crippen molar-refractivity contribution in [3.05, 3.63) is 77.0 Å². The molecule has 2 fully saturated rings. The second-order valence-electron chi connectivity index (χ2n) is 12.3. The fraction of sp³-hybridized carbons (Fsp3) is 0.486. The predicted octanol–water partition coefficient (Wildman–Crippen LogP) is 6.66. The second-order valence-corrected chi connectivity index (χ2v) is 12.3. The maximum Gasteiger partial charge on any atom is 0.277 e. The van der Waals surface area contributed by atoms with Crippen LogP contribution in [0.2, 0.25) is 0 Å². The van der Waals surface area contributed by atoms with Crippen molar-refractivity contribution in [2.75, 3.05) is 29.9 Å². The minimum Gasteiger partial charge on any atom is -0.448 e. The number of benzene rings is 2. The predicted molar refractivity (Wildman–Crippen MR) is 169 cm³/mol. The van der Waals surface area contributed by atoms with E-state index in [2.05, 4.69) is 51.7 Å². The van der Waals surface area contributed by atoms with Crippen LogP contribution in [0.4, 0.5) is 11.4 Å². The van der Waals surface area contributed by atoms with Gasteiger partial charge in [0.15, 0.2) is 12.1 Å². The van der Waals surface area contributed by atoms with Crippen LogP contribution < -0.4 is 15.5 Å². The normalized spacial score (nSPS) is 19.1. The summed E-state index contributed by atoms with van der Waals surface area (Å²) in [7, 11) is 0. The SMILES string of the molecule is Cc1ccccc1N1CCCC(Cc2ccc(C(=O)NCCCC3CCCC(=O)C3)cc2NC(=O)c2ncoc2C)CC1. The Bertz CT molecular complexity index is 1430. The van der Waals surface area contributed by atoms with Crippen molar-refractivity contribution in [3.8, 4) is 0 Å². The third kappa shape index (κ3) is 8.12. The molecule has 0 spiro atoms. The maximum absolute atomic E-state index is 13.1. The van der Waals surface area contributed by atoms with Gasteiger partial charge in [-0.3, -0.25) is 14.4 Å². The summed E-state index contributed by atoms with van der Waals surface area (Å²) in [6.07, 6.45) is 10.6. The van der Waals surface area contributed by atoms with E-state index in [-0.39, 0.29) is 17.5 Å². The molecular weight excluding hydrogens is 540 g/mol. The van der Waals surface area contributed by atoms with Gasteiger partial charge < -0.3 is 20.0 Å². The number of carbonyl (C=O) groups is 3. The van der Waals surface area contributed by atoms with Crippen molar-refractivity contribution in [2.45, 2.75) is 78.1 Å². The number of oxazole rings is 1. The highest BCUT2D eigenvalue weighted by Gasteiger charge is 2.23. The van der Waals surface area contributed by atoms with Gasteiger partial charge >= 0.3 is 0 Å². The highest BCUT2D eigenvalue weighted by molar-refractivity contribution is 6.05. The molecule has 0 radical (unpaired) electrons. The lowest BCUT2D eigenvalue weighted by atomic mass is 9.85. The molecular formula is C35H44N4O4. The quantitative estimate of drug-likeness (QED) is 0.258. The maximum atomic E-state index is 13.1. The van der Waals surface area contributed by atoms with E-state index in [1.54, 1.807) is 13.0 Å². The molecule has 3 aromatic rings. The van der Waals surface area contributed by atoms with E-state index in [1.165, 1.54) is 17.6 Å². The van der Waals surface area contributed by atoms with Crippen molar-refractivity contribution < 1.29 is 18.8 Å². The van der Waals surface area contributed by atoms with Crippen LogP contribution in [-0.2, 0) is 11.2 Å². The monoisotopic (exact) mass is 584 g/mol. The molecule has 2 amide bonds. The molecule has 2 heterocycles. The first-order chi connectivity index (χ1) is 20.9. The summed E-state index contributed by atoms with van der Waals surface area (Å²) >= 11 is 0. The largest absolute Gasteiger partial charge is 0.448 e. The zero-order chi connectivity index (χ0) is 30.2. The summed E-state index contributed by atoms with van der Waals surface area (Å²) in [4.78, 5) is 44.5. The molecule has 2 aliphatic rings. The molecule has 2 N–H and O–H groups in total. The number of aryl methyl sites for hydroxylation is 2. The van der Waals surface area contributed by atoms with Crippen molar-refractivity contribution >= 4 is 29.0 Å². The van der Waals surface area contributed by atoms with Crippen molar-refractivity contribution in [3.63, 3.8) is 0 Å². The number of aromatic nitrogens is 1. The Hall–Kier alpha value is -3.94. The van der Waals surface area contributed by atoms with Crippen LogP contribution in [0.5, 0.6) is 0 Å². The molecule has 2 unspecified atom stereocenters. The standard InChI is InChI=1S/C35H44N4O4/c1-24-8-3-4-13-32(24)39-18-7-11-27(16-19-39)20-28-14-15-29(22-31(28)38-35(42)33-25(2)43-23-37-33)34(41)36-17-6-10-26-9-5-12-30(40)21-26/h3-4,8,13-15,22-23,26-27H,5-7,9-12,16-21H2,1-2H3,(H,36,41)(H,38,42). The van der Waals surface area contributed by atoms with Gasteiger partial charge in [0, 0.05) is 49.4 Å². The number of rotatable bonds is 10. The number of ketones is 1. The molecule has 8 nitrogen and oxygen atoms in total. The van der Waals surface area contributed by atoms with Gasteiger partial charge in [-0.15, -0.1) is 0 Å². The highest BCUT2D eigenvalue weighted by atomic mass is 16.3. The number of hydrogen-bond acceptors (Lipinski definition) is 6. The van der Waals surface area contributed by atoms with E-state index in [0.29, 0.717) is 54.0 Å². The number of hydrogen-bond donors (Lipinski definition) is 2. The van der Waals surface area contributed by atoms with Gasteiger partial charge in [0.2, 0.25) is 0 Å². The molecule has 1 saturated heterocycles. The van der Waals surface area contributed by atoms with Crippen LogP contribution >= 0.6 is 0 Å². The van der Waals surface area contributed by atoms with Crippen LogP contribution in [0.3, 0.4) is 0 Å². The summed E-state index contributed by atoms with van der Waals surface area (Å²) < 4.78 is 5.25. The smallest absolute Gasteiger partial charge is 0.277 e. The lowest BCUT2D eigenvalue weighted by Crippen LogP contribution is -2.26. The average Bonchev–Trinajstić information content (AvgIpc) is 3.30. The third-order valence-electron chi connectivity index (χ3n) is 9.05. The number of nitrogens with zero attached hydrogens (tertiary/aromatic N) is 2. The Morgan fingerprint density at radius 1 is 1.00 bits per heavy atom. The van der Waals surface area contributed by atoms with Gasteiger partial charge in [-0.1, -0.05) is 24.3 Å². The lowest BCUT2D eigenvalue weighted by Gasteiger charge is -2.25. The first-order valence-electron chi connectivity index (χ1n) is 15.8. The van der Waals surface area contributed by atoms with E-state index in [9.17, 15) is 14.4 Å². The van der Waals surface area contributed by atoms with E-state index in [4.69, 9.17) is 4.42 Å². The summed E-state index contributed by atoms with van der Waals surface area (Å²) in [6.45, 7) is 6.46. The van der Waals surface area contributed by atoms with Crippen molar-refractivity contribution in [1.29, 1.82) is 0 Å². The number of amides is 2. The van der Waals surface area contributed by atoms with Crippen molar-refractivity contribution in [1.82, 2.24) is 10.3 Å². The third-order valence-corrected chi connectivity index (χ3v) is 9.05. The fourth-order valence-corrected chi connectivity index (χ4v) is 6.61. The number of carbonyl (C=O) groups excluding carboxylic acids is 3.